The Labute approximate surface area is 131 Å². The minimum Gasteiger partial charge on any atom is -0.357 e. The molecule has 0 spiro atoms. The normalized spacial score (nSPS) is 11.9. The maximum Gasteiger partial charge on any atom is 0.168 e. The minimum absolute atomic E-state index is 0.964. The summed E-state index contributed by atoms with van der Waals surface area (Å²) in [6, 6.07) is 18.5. The van der Waals surface area contributed by atoms with Crippen LogP contribution in [-0.2, 0) is 0 Å². The van der Waals surface area contributed by atoms with Gasteiger partial charge in [-0.15, -0.1) is 0 Å². The van der Waals surface area contributed by atoms with Crippen molar-refractivity contribution in [2.24, 2.45) is 4.99 Å². The van der Waals surface area contributed by atoms with Crippen LogP contribution < -0.4 is 0 Å². The van der Waals surface area contributed by atoms with E-state index in [1.807, 2.05) is 49.3 Å². The van der Waals surface area contributed by atoms with E-state index in [-0.39, 0.29) is 0 Å². The standard InChI is InChI=1S/C18H20N2S/c1-15-9-11-17(12-10-15)19-18(20(2)3)21-14-13-16-7-5-4-6-8-16/h4-14H,1-3H3/b14-13+,19-18?. The van der Waals surface area contributed by atoms with Crippen LogP contribution in [0.5, 0.6) is 0 Å². The van der Waals surface area contributed by atoms with Crippen LogP contribution in [0.3, 0.4) is 0 Å². The molecule has 0 aliphatic rings. The summed E-state index contributed by atoms with van der Waals surface area (Å²) in [5, 5.41) is 3.04. The zero-order chi connectivity index (χ0) is 15.1. The molecule has 108 valence electrons. The topological polar surface area (TPSA) is 15.6 Å². The van der Waals surface area contributed by atoms with Crippen LogP contribution in [0.25, 0.3) is 6.08 Å². The van der Waals surface area contributed by atoms with E-state index in [1.165, 1.54) is 11.1 Å². The predicted molar refractivity (Wildman–Crippen MR) is 95.0 cm³/mol. The Morgan fingerprint density at radius 1 is 1.00 bits per heavy atom. The van der Waals surface area contributed by atoms with Gasteiger partial charge in [0.1, 0.15) is 0 Å². The molecular formula is C18H20N2S. The van der Waals surface area contributed by atoms with Crippen LogP contribution in [-0.4, -0.2) is 24.2 Å². The molecule has 3 heteroatoms. The monoisotopic (exact) mass is 296 g/mol. The van der Waals surface area contributed by atoms with Gasteiger partial charge in [-0.2, -0.15) is 0 Å². The third-order valence-corrected chi connectivity index (χ3v) is 3.81. The van der Waals surface area contributed by atoms with Gasteiger partial charge in [-0.05, 0) is 36.1 Å². The molecule has 0 aliphatic carbocycles. The number of nitrogens with zero attached hydrogens (tertiary/aromatic N) is 2. The Bertz CT molecular complexity index is 613. The fraction of sp³-hybridized carbons (Fsp3) is 0.167. The fourth-order valence-corrected chi connectivity index (χ4v) is 2.41. The lowest BCUT2D eigenvalue weighted by Crippen LogP contribution is -2.17. The highest BCUT2D eigenvalue weighted by molar-refractivity contribution is 8.16. The summed E-state index contributed by atoms with van der Waals surface area (Å²) >= 11 is 1.62. The summed E-state index contributed by atoms with van der Waals surface area (Å²) in [5.41, 5.74) is 3.42. The summed E-state index contributed by atoms with van der Waals surface area (Å²) in [7, 11) is 4.02. The minimum atomic E-state index is 0.964. The first-order valence-electron chi connectivity index (χ1n) is 6.86. The Balaban J connectivity index is 2.09. The number of hydrogen-bond acceptors (Lipinski definition) is 2. The number of benzene rings is 2. The molecule has 0 N–H and O–H groups in total. The van der Waals surface area contributed by atoms with Crippen molar-refractivity contribution in [3.8, 4) is 0 Å². The third-order valence-electron chi connectivity index (χ3n) is 2.87. The smallest absolute Gasteiger partial charge is 0.168 e. The van der Waals surface area contributed by atoms with Crippen molar-refractivity contribution in [3.05, 3.63) is 71.1 Å². The van der Waals surface area contributed by atoms with Crippen LogP contribution in [0.2, 0.25) is 0 Å². The van der Waals surface area contributed by atoms with Crippen molar-refractivity contribution in [2.75, 3.05) is 14.1 Å². The molecule has 0 bridgehead atoms. The van der Waals surface area contributed by atoms with E-state index in [0.717, 1.165) is 10.9 Å². The molecular weight excluding hydrogens is 276 g/mol. The molecule has 2 aromatic rings. The van der Waals surface area contributed by atoms with E-state index in [1.54, 1.807) is 11.8 Å². The van der Waals surface area contributed by atoms with Crippen LogP contribution >= 0.6 is 11.8 Å². The molecule has 0 aromatic heterocycles. The molecule has 0 heterocycles. The number of thioether (sulfide) groups is 1. The highest BCUT2D eigenvalue weighted by atomic mass is 32.2. The zero-order valence-electron chi connectivity index (χ0n) is 12.7. The molecule has 0 radical (unpaired) electrons. The maximum absolute atomic E-state index is 4.68. The average molecular weight is 296 g/mol. The van der Waals surface area contributed by atoms with Crippen molar-refractivity contribution in [3.63, 3.8) is 0 Å². The van der Waals surface area contributed by atoms with Gasteiger partial charge in [0, 0.05) is 14.1 Å². The lowest BCUT2D eigenvalue weighted by atomic mass is 10.2. The number of hydrogen-bond donors (Lipinski definition) is 0. The van der Waals surface area contributed by atoms with Gasteiger partial charge in [-0.1, -0.05) is 59.8 Å². The van der Waals surface area contributed by atoms with Crippen molar-refractivity contribution in [1.29, 1.82) is 0 Å². The third kappa shape index (κ3) is 5.12. The molecule has 0 saturated heterocycles. The SMILES string of the molecule is Cc1ccc(N=C(S/C=C/c2ccccc2)N(C)C)cc1. The Morgan fingerprint density at radius 2 is 1.67 bits per heavy atom. The van der Waals surface area contributed by atoms with Gasteiger partial charge in [0.05, 0.1) is 5.69 Å². The first-order valence-corrected chi connectivity index (χ1v) is 7.74. The number of amidine groups is 1. The lowest BCUT2D eigenvalue weighted by Gasteiger charge is -2.13. The zero-order valence-corrected chi connectivity index (χ0v) is 13.5. The first-order chi connectivity index (χ1) is 10.1. The maximum atomic E-state index is 4.68. The summed E-state index contributed by atoms with van der Waals surface area (Å²) in [5.74, 6) is 0. The van der Waals surface area contributed by atoms with E-state index < -0.39 is 0 Å². The highest BCUT2D eigenvalue weighted by Gasteiger charge is 2.01. The molecule has 21 heavy (non-hydrogen) atoms. The fourth-order valence-electron chi connectivity index (χ4n) is 1.70. The van der Waals surface area contributed by atoms with E-state index in [0.29, 0.717) is 0 Å². The molecule has 0 unspecified atom stereocenters. The molecule has 0 saturated carbocycles. The molecule has 2 nitrogen and oxygen atoms in total. The van der Waals surface area contributed by atoms with Crippen LogP contribution in [0.15, 0.2) is 65.0 Å². The second kappa shape index (κ2) is 7.70. The Hall–Kier alpha value is -2.00. The highest BCUT2D eigenvalue weighted by Crippen LogP contribution is 2.18. The van der Waals surface area contributed by atoms with E-state index >= 15 is 0 Å². The largest absolute Gasteiger partial charge is 0.357 e. The summed E-state index contributed by atoms with van der Waals surface area (Å²) in [6.07, 6.45) is 2.10. The van der Waals surface area contributed by atoms with Crippen molar-refractivity contribution >= 4 is 28.7 Å². The second-order valence-electron chi connectivity index (χ2n) is 4.96. The van der Waals surface area contributed by atoms with Gasteiger partial charge in [0.2, 0.25) is 0 Å². The lowest BCUT2D eigenvalue weighted by molar-refractivity contribution is 0.637. The van der Waals surface area contributed by atoms with Crippen LogP contribution in [0.1, 0.15) is 11.1 Å². The van der Waals surface area contributed by atoms with Gasteiger partial charge in [0.25, 0.3) is 0 Å². The van der Waals surface area contributed by atoms with E-state index in [4.69, 9.17) is 0 Å². The van der Waals surface area contributed by atoms with Crippen molar-refractivity contribution in [1.82, 2.24) is 4.90 Å². The van der Waals surface area contributed by atoms with Gasteiger partial charge in [0.15, 0.2) is 5.17 Å². The van der Waals surface area contributed by atoms with Crippen LogP contribution in [0.4, 0.5) is 5.69 Å². The molecule has 0 aliphatic heterocycles. The van der Waals surface area contributed by atoms with E-state index in [2.05, 4.69) is 47.7 Å². The molecule has 0 fully saturated rings. The van der Waals surface area contributed by atoms with Gasteiger partial charge in [-0.3, -0.25) is 0 Å². The van der Waals surface area contributed by atoms with Crippen LogP contribution in [0, 0.1) is 6.92 Å². The Morgan fingerprint density at radius 3 is 2.29 bits per heavy atom. The van der Waals surface area contributed by atoms with Gasteiger partial charge >= 0.3 is 0 Å². The number of rotatable bonds is 3. The Kier molecular flexibility index (Phi) is 5.64. The summed E-state index contributed by atoms with van der Waals surface area (Å²) in [6.45, 7) is 2.08. The first kappa shape index (κ1) is 15.4. The quantitative estimate of drug-likeness (QED) is 0.588. The molecule has 0 amide bonds. The molecule has 0 atom stereocenters. The second-order valence-corrected chi connectivity index (χ2v) is 5.83. The average Bonchev–Trinajstić information content (AvgIpc) is 2.49. The number of aryl methyl sites for hydroxylation is 1. The summed E-state index contributed by atoms with van der Waals surface area (Å²) < 4.78 is 0. The van der Waals surface area contributed by atoms with Crippen molar-refractivity contribution in [2.45, 2.75) is 6.92 Å². The molecule has 2 rings (SSSR count). The summed E-state index contributed by atoms with van der Waals surface area (Å²) in [4.78, 5) is 6.71. The molecule has 2 aromatic carbocycles. The predicted octanol–water partition coefficient (Wildman–Crippen LogP) is 4.95. The van der Waals surface area contributed by atoms with E-state index in [9.17, 15) is 0 Å². The number of aliphatic imine (C=N–C) groups is 1. The van der Waals surface area contributed by atoms with Gasteiger partial charge in [-0.25, -0.2) is 4.99 Å². The van der Waals surface area contributed by atoms with Gasteiger partial charge < -0.3 is 4.90 Å². The van der Waals surface area contributed by atoms with Crippen molar-refractivity contribution < 1.29 is 0 Å².